The Morgan fingerprint density at radius 1 is 0.209 bits per heavy atom. The fraction of sp³-hybridized carbons (Fsp3) is 0.806. The number of halogens is 8. The summed E-state index contributed by atoms with van der Waals surface area (Å²) in [7, 11) is 12.3. The van der Waals surface area contributed by atoms with Gasteiger partial charge in [-0.1, -0.05) is 203 Å². The molecular formula is C62H164F8N8O8. The van der Waals surface area contributed by atoms with E-state index >= 15 is 0 Å². The average Bonchev–Trinajstić information content (AvgIpc) is 3.36. The second-order valence-corrected chi connectivity index (χ2v) is 10.6. The van der Waals surface area contributed by atoms with Gasteiger partial charge in [0, 0.05) is 0 Å². The van der Waals surface area contributed by atoms with Gasteiger partial charge in [-0.15, -0.1) is 24.2 Å². The van der Waals surface area contributed by atoms with E-state index in [4.69, 9.17) is 0 Å². The van der Waals surface area contributed by atoms with Crippen LogP contribution < -0.4 is 0 Å². The predicted octanol–water partition coefficient (Wildman–Crippen LogP) is 23.5. The molecule has 0 fully saturated rings. The summed E-state index contributed by atoms with van der Waals surface area (Å²) in [6, 6.07) is 0. The van der Waals surface area contributed by atoms with E-state index in [0.29, 0.717) is 0 Å². The van der Waals surface area contributed by atoms with Crippen molar-refractivity contribution >= 4 is 45.7 Å². The molecule has 0 aliphatic rings. The maximum Gasteiger partial charge on any atom is 0.106 e. The summed E-state index contributed by atoms with van der Waals surface area (Å²) in [6.07, 6.45) is 4.60. The summed E-state index contributed by atoms with van der Waals surface area (Å²) >= 11 is 0. The predicted molar refractivity (Wildman–Crippen MR) is 396 cm³/mol. The van der Waals surface area contributed by atoms with Gasteiger partial charge in [0.15, 0.2) is 0 Å². The monoisotopic (exact) mass is 1300 g/mol. The molecule has 556 valence electrons. The van der Waals surface area contributed by atoms with Crippen molar-refractivity contribution in [2.24, 2.45) is 41.2 Å². The first-order chi connectivity index (χ1) is 34.5. The first-order valence-corrected chi connectivity index (χ1v) is 25.6. The molecule has 0 aliphatic carbocycles. The lowest BCUT2D eigenvalue weighted by molar-refractivity contribution is 0.213. The second kappa shape index (κ2) is 349. The number of hydrogen-bond acceptors (Lipinski definition) is 16. The number of hydrogen-bond donors (Lipinski definition) is 0. The van der Waals surface area contributed by atoms with Gasteiger partial charge in [0.2, 0.25) is 0 Å². The molecule has 0 rings (SSSR count). The molecule has 0 spiro atoms. The topological polar surface area (TPSA) is 173 Å². The van der Waals surface area contributed by atoms with Crippen molar-refractivity contribution < 1.29 is 76.3 Å². The fourth-order valence-electron chi connectivity index (χ4n) is 1.46. The summed E-state index contributed by atoms with van der Waals surface area (Å²) in [6.45, 7) is 71.3. The minimum Gasteiger partial charge on any atom is -0.399 e. The number of oxime groups is 8. The van der Waals surface area contributed by atoms with Gasteiger partial charge in [0.1, 0.15) is 56.9 Å². The van der Waals surface area contributed by atoms with Crippen molar-refractivity contribution in [2.45, 2.75) is 293 Å². The Balaban J connectivity index is -0.0000000120. The molecule has 0 amide bonds. The van der Waals surface area contributed by atoms with Crippen molar-refractivity contribution in [2.75, 3.05) is 56.9 Å². The highest BCUT2D eigenvalue weighted by Crippen LogP contribution is 1.75. The summed E-state index contributed by atoms with van der Waals surface area (Å²) in [4.78, 5) is 35.1. The van der Waals surface area contributed by atoms with E-state index in [1.165, 1.54) is 56.9 Å². The van der Waals surface area contributed by atoms with Crippen LogP contribution in [-0.2, 0) is 38.7 Å². The maximum absolute atomic E-state index is 4.60. The Kier molecular flexibility index (Phi) is 879. The third-order valence-electron chi connectivity index (χ3n) is 2.44. The van der Waals surface area contributed by atoms with Crippen LogP contribution in [0.25, 0.3) is 0 Å². The second-order valence-electron chi connectivity index (χ2n) is 10.6. The molecule has 0 aliphatic heterocycles. The highest BCUT2D eigenvalue weighted by molar-refractivity contribution is 5.80. The van der Waals surface area contributed by atoms with Crippen LogP contribution in [0.4, 0.5) is 37.6 Å². The van der Waals surface area contributed by atoms with Crippen molar-refractivity contribution in [3.05, 3.63) is 0 Å². The molecule has 0 unspecified atom stereocenters. The zero-order valence-corrected chi connectivity index (χ0v) is 61.2. The third-order valence-corrected chi connectivity index (χ3v) is 2.44. The lowest BCUT2D eigenvalue weighted by Gasteiger charge is -1.83. The average molecular weight is 1300 g/mol. The molecule has 0 atom stereocenters. The van der Waals surface area contributed by atoms with Gasteiger partial charge < -0.3 is 38.7 Å². The molecular weight excluding hydrogens is 1140 g/mol. The summed E-state index contributed by atoms with van der Waals surface area (Å²) in [5, 5.41) is 28.3. The molecule has 0 aromatic carbocycles. The Labute approximate surface area is 536 Å². The Bertz CT molecular complexity index is 907. The van der Waals surface area contributed by atoms with Crippen LogP contribution in [0, 0.1) is 24.2 Å². The van der Waals surface area contributed by atoms with Gasteiger partial charge in [-0.3, -0.25) is 37.6 Å². The first-order valence-electron chi connectivity index (χ1n) is 25.6. The summed E-state index contributed by atoms with van der Waals surface area (Å²) in [5.41, 5.74) is 7.54. The Hall–Kier alpha value is -5.68. The van der Waals surface area contributed by atoms with Crippen LogP contribution in [0.2, 0.25) is 0 Å². The van der Waals surface area contributed by atoms with Crippen molar-refractivity contribution in [3.8, 4) is 24.2 Å². The van der Waals surface area contributed by atoms with Crippen molar-refractivity contribution in [3.63, 3.8) is 0 Å². The van der Waals surface area contributed by atoms with E-state index in [2.05, 4.69) is 104 Å². The fourth-order valence-corrected chi connectivity index (χ4v) is 1.46. The van der Waals surface area contributed by atoms with Gasteiger partial charge in [0.25, 0.3) is 0 Å². The van der Waals surface area contributed by atoms with Crippen LogP contribution in [0.15, 0.2) is 41.2 Å². The highest BCUT2D eigenvalue weighted by Gasteiger charge is 1.72. The molecule has 0 heterocycles. The lowest BCUT2D eigenvalue weighted by atomic mass is 10.5. The van der Waals surface area contributed by atoms with E-state index in [0.717, 1.165) is 45.7 Å². The van der Waals surface area contributed by atoms with Crippen molar-refractivity contribution in [1.29, 1.82) is 0 Å². The van der Waals surface area contributed by atoms with Crippen LogP contribution >= 0.6 is 0 Å². The van der Waals surface area contributed by atoms with Gasteiger partial charge in [-0.25, -0.2) is 0 Å². The Morgan fingerprint density at radius 3 is 0.256 bits per heavy atom. The molecule has 0 saturated carbocycles. The molecule has 0 bridgehead atoms. The van der Waals surface area contributed by atoms with E-state index in [1.807, 2.05) is 249 Å². The SMILES string of the molecule is C.C.C.C.C.C#CC.CC.CC.CC.CC.CC.CC.CC.CC.CC.CC#CC.CON=C(C)C.CON=C(C)C.CON=C(C)C.CON=C(C)C.CON=C(C)C.CON=C(C)C.CON=C(C)C.CON=C(C)C.F.F.F.F.F.F.F.F. The number of rotatable bonds is 8. The van der Waals surface area contributed by atoms with Crippen molar-refractivity contribution in [1.82, 2.24) is 0 Å². The minimum absolute atomic E-state index is 0. The summed E-state index contributed by atoms with van der Waals surface area (Å²) < 4.78 is 0. The molecule has 86 heavy (non-hydrogen) atoms. The molecule has 0 aromatic heterocycles. The van der Waals surface area contributed by atoms with Gasteiger partial charge in [-0.2, -0.15) is 0 Å². The first kappa shape index (κ1) is 216. The smallest absolute Gasteiger partial charge is 0.106 e. The van der Waals surface area contributed by atoms with E-state index < -0.39 is 0 Å². The standard InChI is InChI=1S/8C4H9NO.C4H6.C3H4.9C2H6.5CH4.8FH/c8*1-4(2)5-6-3;1-3-4-2;1-3-2;9*1-2;;;;;;;;;;;;;/h8*1-3H3;1-2H3;1H,2H3;9*1-2H3;5*1H4;8*1H. The van der Waals surface area contributed by atoms with Crippen LogP contribution in [0.1, 0.15) is 293 Å². The number of nitrogens with zero attached hydrogens (tertiary/aromatic N) is 8. The zero-order valence-electron chi connectivity index (χ0n) is 61.2. The molecule has 0 aromatic rings. The molecule has 16 nitrogen and oxygen atoms in total. The zero-order chi connectivity index (χ0) is 64.1. The van der Waals surface area contributed by atoms with Gasteiger partial charge >= 0.3 is 0 Å². The van der Waals surface area contributed by atoms with E-state index in [1.54, 1.807) is 6.92 Å². The van der Waals surface area contributed by atoms with E-state index in [-0.39, 0.29) is 74.8 Å². The van der Waals surface area contributed by atoms with Gasteiger partial charge in [0.05, 0.1) is 45.7 Å². The molecule has 0 radical (unpaired) electrons. The third kappa shape index (κ3) is 1250. The molecule has 24 heteroatoms. The lowest BCUT2D eigenvalue weighted by Crippen LogP contribution is -1.79. The minimum atomic E-state index is 0. The van der Waals surface area contributed by atoms with Gasteiger partial charge in [-0.05, 0) is 132 Å². The summed E-state index contributed by atoms with van der Waals surface area (Å²) in [5.74, 6) is 7.61. The quantitative estimate of drug-likeness (QED) is 0.0999. The largest absolute Gasteiger partial charge is 0.399 e. The normalized spacial score (nSPS) is 4.88. The number of terminal acetylenes is 1. The van der Waals surface area contributed by atoms with E-state index in [9.17, 15) is 0 Å². The van der Waals surface area contributed by atoms with Crippen LogP contribution in [0.5, 0.6) is 0 Å². The van der Waals surface area contributed by atoms with Crippen LogP contribution in [0.3, 0.4) is 0 Å². The van der Waals surface area contributed by atoms with Crippen LogP contribution in [-0.4, -0.2) is 103 Å². The molecule has 0 N–H and O–H groups in total. The highest BCUT2D eigenvalue weighted by atomic mass is 19.0. The Morgan fingerprint density at radius 2 is 0.256 bits per heavy atom. The molecule has 0 saturated heterocycles. The maximum atomic E-state index is 4.60.